The molecule has 1 heterocycles. The first kappa shape index (κ1) is 14.1. The molecule has 0 spiro atoms. The number of hydrogen-bond acceptors (Lipinski definition) is 3. The molecule has 1 aliphatic heterocycles. The second-order valence-corrected chi connectivity index (χ2v) is 6.59. The molecule has 16 heavy (non-hydrogen) atoms. The lowest BCUT2D eigenvalue weighted by Gasteiger charge is -2.45. The predicted molar refractivity (Wildman–Crippen MR) is 71.2 cm³/mol. The van der Waals surface area contributed by atoms with Gasteiger partial charge in [0.1, 0.15) is 0 Å². The van der Waals surface area contributed by atoms with Crippen molar-refractivity contribution in [1.82, 2.24) is 10.2 Å². The van der Waals surface area contributed by atoms with E-state index in [1.54, 1.807) is 6.26 Å². The molecule has 0 bridgehead atoms. The number of hydrogen-bond donors (Lipinski definition) is 1. The highest BCUT2D eigenvalue weighted by Crippen LogP contribution is 2.25. The largest absolute Gasteiger partial charge is 0.317 e. The lowest BCUT2D eigenvalue weighted by molar-refractivity contribution is 0.0627. The normalized spacial score (nSPS) is 35.9. The fourth-order valence-electron chi connectivity index (χ4n) is 2.86. The van der Waals surface area contributed by atoms with Crippen molar-refractivity contribution in [2.75, 3.05) is 25.6 Å². The van der Waals surface area contributed by atoms with Crippen molar-refractivity contribution in [3.63, 3.8) is 0 Å². The molecule has 0 aliphatic carbocycles. The summed E-state index contributed by atoms with van der Waals surface area (Å²) in [5.74, 6) is 1.45. The molecule has 0 aromatic heterocycles. The van der Waals surface area contributed by atoms with Crippen molar-refractivity contribution in [2.45, 2.75) is 45.3 Å². The highest BCUT2D eigenvalue weighted by Gasteiger charge is 2.33. The van der Waals surface area contributed by atoms with Crippen LogP contribution in [0.4, 0.5) is 0 Å². The summed E-state index contributed by atoms with van der Waals surface area (Å²) in [6, 6.07) is 1.64. The first-order valence-electron chi connectivity index (χ1n) is 6.20. The van der Waals surface area contributed by atoms with Crippen molar-refractivity contribution >= 4 is 10.8 Å². The van der Waals surface area contributed by atoms with Crippen LogP contribution in [0.2, 0.25) is 0 Å². The summed E-state index contributed by atoms with van der Waals surface area (Å²) in [5, 5.41) is 3.40. The maximum Gasteiger partial charge on any atom is 0.0385 e. The third kappa shape index (κ3) is 3.28. The van der Waals surface area contributed by atoms with E-state index >= 15 is 0 Å². The number of likely N-dealkylation sites (tertiary alicyclic amines) is 1. The molecule has 0 saturated carbocycles. The molecule has 5 atom stereocenters. The van der Waals surface area contributed by atoms with Crippen LogP contribution in [-0.2, 0) is 10.8 Å². The number of nitrogens with one attached hydrogen (secondary N) is 1. The zero-order valence-electron chi connectivity index (χ0n) is 11.2. The minimum atomic E-state index is -0.691. The summed E-state index contributed by atoms with van der Waals surface area (Å²) in [7, 11) is 1.36. The highest BCUT2D eigenvalue weighted by molar-refractivity contribution is 7.84. The van der Waals surface area contributed by atoms with E-state index in [9.17, 15) is 4.21 Å². The fraction of sp³-hybridized carbons (Fsp3) is 1.00. The molecule has 96 valence electrons. The van der Waals surface area contributed by atoms with Crippen molar-refractivity contribution in [3.05, 3.63) is 0 Å². The topological polar surface area (TPSA) is 32.3 Å². The van der Waals surface area contributed by atoms with E-state index in [0.717, 1.165) is 12.3 Å². The summed E-state index contributed by atoms with van der Waals surface area (Å²) >= 11 is 0. The molecule has 1 saturated heterocycles. The van der Waals surface area contributed by atoms with E-state index in [1.807, 2.05) is 7.05 Å². The monoisotopic (exact) mass is 246 g/mol. The molecule has 0 aromatic carbocycles. The average Bonchev–Trinajstić information content (AvgIpc) is 2.20. The Morgan fingerprint density at radius 2 is 2.12 bits per heavy atom. The number of nitrogens with zero attached hydrogens (tertiary/aromatic N) is 1. The third-order valence-corrected chi connectivity index (χ3v) is 4.98. The van der Waals surface area contributed by atoms with Gasteiger partial charge in [-0.2, -0.15) is 0 Å². The van der Waals surface area contributed by atoms with Gasteiger partial charge in [0.25, 0.3) is 0 Å². The van der Waals surface area contributed by atoms with Gasteiger partial charge in [-0.05, 0) is 33.2 Å². The minimum Gasteiger partial charge on any atom is -0.317 e. The Bertz CT molecular complexity index is 247. The molecular formula is C12H26N2OS. The van der Waals surface area contributed by atoms with Crippen LogP contribution in [0.1, 0.15) is 27.2 Å². The molecular weight excluding hydrogens is 220 g/mol. The SMILES string of the molecule is CNC1CCN(C(C)CS(C)=O)C(C)C1C. The van der Waals surface area contributed by atoms with Gasteiger partial charge in [-0.1, -0.05) is 6.92 Å². The molecule has 0 radical (unpaired) electrons. The molecule has 0 aromatic rings. The summed E-state index contributed by atoms with van der Waals surface area (Å²) in [6.07, 6.45) is 2.99. The maximum atomic E-state index is 11.3. The quantitative estimate of drug-likeness (QED) is 0.805. The minimum absolute atomic E-state index is 0.432. The Hall–Kier alpha value is 0.0700. The van der Waals surface area contributed by atoms with E-state index < -0.39 is 10.8 Å². The molecule has 3 nitrogen and oxygen atoms in total. The van der Waals surface area contributed by atoms with Gasteiger partial charge >= 0.3 is 0 Å². The zero-order chi connectivity index (χ0) is 12.3. The first-order chi connectivity index (χ1) is 7.47. The molecule has 1 aliphatic rings. The van der Waals surface area contributed by atoms with Gasteiger partial charge in [-0.3, -0.25) is 9.11 Å². The van der Waals surface area contributed by atoms with E-state index in [0.29, 0.717) is 24.0 Å². The standard InChI is InChI=1S/C12H26N2OS/c1-9(8-16(5)15)14-7-6-12(13-4)10(2)11(14)3/h9-13H,6-8H2,1-5H3. The van der Waals surface area contributed by atoms with Crippen molar-refractivity contribution in [3.8, 4) is 0 Å². The lowest BCUT2D eigenvalue weighted by Crippen LogP contribution is -2.56. The molecule has 5 unspecified atom stereocenters. The van der Waals surface area contributed by atoms with Gasteiger partial charge in [-0.25, -0.2) is 0 Å². The Morgan fingerprint density at radius 1 is 1.50 bits per heavy atom. The Morgan fingerprint density at radius 3 is 2.62 bits per heavy atom. The van der Waals surface area contributed by atoms with Crippen LogP contribution >= 0.6 is 0 Å². The van der Waals surface area contributed by atoms with Crippen LogP contribution in [0.25, 0.3) is 0 Å². The fourth-order valence-corrected chi connectivity index (χ4v) is 3.73. The molecule has 1 fully saturated rings. The van der Waals surface area contributed by atoms with Crippen molar-refractivity contribution < 1.29 is 4.21 Å². The summed E-state index contributed by atoms with van der Waals surface area (Å²) in [6.45, 7) is 7.93. The Kier molecular flexibility index (Phi) is 5.41. The van der Waals surface area contributed by atoms with E-state index in [4.69, 9.17) is 0 Å². The van der Waals surface area contributed by atoms with E-state index in [2.05, 4.69) is 31.0 Å². The summed E-state index contributed by atoms with van der Waals surface area (Å²) in [4.78, 5) is 2.51. The number of rotatable bonds is 4. The molecule has 1 N–H and O–H groups in total. The Balaban J connectivity index is 2.59. The predicted octanol–water partition coefficient (Wildman–Crippen LogP) is 1.07. The average molecular weight is 246 g/mol. The van der Waals surface area contributed by atoms with Gasteiger partial charge in [0.15, 0.2) is 0 Å². The lowest BCUT2D eigenvalue weighted by atomic mass is 9.86. The second kappa shape index (κ2) is 6.12. The smallest absolute Gasteiger partial charge is 0.0385 e. The zero-order valence-corrected chi connectivity index (χ0v) is 12.0. The van der Waals surface area contributed by atoms with Crippen molar-refractivity contribution in [1.29, 1.82) is 0 Å². The molecule has 1 rings (SSSR count). The summed E-state index contributed by atoms with van der Waals surface area (Å²) in [5.41, 5.74) is 0. The van der Waals surface area contributed by atoms with Gasteiger partial charge in [0.2, 0.25) is 0 Å². The van der Waals surface area contributed by atoms with E-state index in [-0.39, 0.29) is 0 Å². The highest BCUT2D eigenvalue weighted by atomic mass is 32.2. The van der Waals surface area contributed by atoms with Crippen LogP contribution in [0.3, 0.4) is 0 Å². The number of piperidine rings is 1. The van der Waals surface area contributed by atoms with Crippen LogP contribution in [0.5, 0.6) is 0 Å². The Labute approximate surface area is 102 Å². The molecule has 0 amide bonds. The van der Waals surface area contributed by atoms with E-state index in [1.165, 1.54) is 6.42 Å². The van der Waals surface area contributed by atoms with Crippen LogP contribution < -0.4 is 5.32 Å². The van der Waals surface area contributed by atoms with Crippen LogP contribution in [0, 0.1) is 5.92 Å². The van der Waals surface area contributed by atoms with Gasteiger partial charge in [0.05, 0.1) is 0 Å². The maximum absolute atomic E-state index is 11.3. The van der Waals surface area contributed by atoms with Gasteiger partial charge in [-0.15, -0.1) is 0 Å². The first-order valence-corrected chi connectivity index (χ1v) is 7.93. The van der Waals surface area contributed by atoms with Gasteiger partial charge in [0, 0.05) is 47.5 Å². The van der Waals surface area contributed by atoms with Crippen LogP contribution in [0.15, 0.2) is 0 Å². The second-order valence-electron chi connectivity index (χ2n) is 5.11. The third-order valence-electron chi connectivity index (χ3n) is 4.03. The van der Waals surface area contributed by atoms with Crippen LogP contribution in [-0.4, -0.2) is 52.8 Å². The van der Waals surface area contributed by atoms with Gasteiger partial charge < -0.3 is 5.32 Å². The van der Waals surface area contributed by atoms with Crippen molar-refractivity contribution in [2.24, 2.45) is 5.92 Å². The summed E-state index contributed by atoms with van der Waals surface area (Å²) < 4.78 is 11.3. The molecule has 4 heteroatoms.